The Bertz CT molecular complexity index is 787. The fraction of sp³-hybridized carbons (Fsp3) is 0.458. The van der Waals surface area contributed by atoms with Crippen LogP contribution in [0.25, 0.3) is 6.08 Å². The molecule has 1 amide bonds. The summed E-state index contributed by atoms with van der Waals surface area (Å²) in [5.74, 6) is 0.278. The molecule has 2 aliphatic heterocycles. The van der Waals surface area contributed by atoms with Crippen LogP contribution in [-0.4, -0.2) is 66.2 Å². The largest absolute Gasteiger partial charge is 0.381 e. The fourth-order valence-corrected chi connectivity index (χ4v) is 4.40. The highest BCUT2D eigenvalue weighted by molar-refractivity contribution is 5.77. The molecule has 2 saturated heterocycles. The van der Waals surface area contributed by atoms with Gasteiger partial charge in [-0.15, -0.1) is 0 Å². The lowest BCUT2D eigenvalue weighted by atomic mass is 9.85. The minimum Gasteiger partial charge on any atom is -0.381 e. The molecule has 29 heavy (non-hydrogen) atoms. The van der Waals surface area contributed by atoms with Crippen molar-refractivity contribution in [2.75, 3.05) is 45.9 Å². The van der Waals surface area contributed by atoms with Crippen LogP contribution < -0.4 is 0 Å². The molecule has 2 aliphatic rings. The highest BCUT2D eigenvalue weighted by Crippen LogP contribution is 2.33. The molecule has 5 heteroatoms. The molecule has 1 aromatic heterocycles. The fourth-order valence-electron chi connectivity index (χ4n) is 4.40. The number of benzene rings is 1. The molecule has 0 aliphatic carbocycles. The summed E-state index contributed by atoms with van der Waals surface area (Å²) in [5.41, 5.74) is 1.10. The second-order valence-electron chi connectivity index (χ2n) is 8.10. The lowest BCUT2D eigenvalue weighted by Gasteiger charge is -2.41. The Kier molecular flexibility index (Phi) is 6.47. The summed E-state index contributed by atoms with van der Waals surface area (Å²) in [6.07, 6.45) is 10.9. The second kappa shape index (κ2) is 9.42. The Balaban J connectivity index is 1.29. The van der Waals surface area contributed by atoms with E-state index in [9.17, 15) is 4.79 Å². The van der Waals surface area contributed by atoms with E-state index in [1.807, 2.05) is 18.2 Å². The van der Waals surface area contributed by atoms with Gasteiger partial charge in [-0.05, 0) is 30.5 Å². The van der Waals surface area contributed by atoms with Crippen LogP contribution in [0.4, 0.5) is 0 Å². The topological polar surface area (TPSA) is 37.7 Å². The molecule has 0 saturated carbocycles. The van der Waals surface area contributed by atoms with Crippen LogP contribution in [-0.2, 0) is 15.1 Å². The maximum absolute atomic E-state index is 13.1. The summed E-state index contributed by atoms with van der Waals surface area (Å²) < 4.78 is 7.82. The molecule has 0 atom stereocenters. The van der Waals surface area contributed by atoms with Gasteiger partial charge in [0.25, 0.3) is 0 Å². The normalized spacial score (nSPS) is 20.2. The van der Waals surface area contributed by atoms with Crippen molar-refractivity contribution in [3.63, 3.8) is 0 Å². The predicted octanol–water partition coefficient (Wildman–Crippen LogP) is 3.24. The van der Waals surface area contributed by atoms with Crippen molar-refractivity contribution in [2.45, 2.75) is 24.8 Å². The summed E-state index contributed by atoms with van der Waals surface area (Å²) in [6, 6.07) is 14.5. The number of aromatic nitrogens is 1. The van der Waals surface area contributed by atoms with Crippen molar-refractivity contribution in [3.8, 4) is 0 Å². The quantitative estimate of drug-likeness (QED) is 0.756. The van der Waals surface area contributed by atoms with Crippen molar-refractivity contribution in [3.05, 3.63) is 66.5 Å². The van der Waals surface area contributed by atoms with Crippen molar-refractivity contribution >= 4 is 12.0 Å². The molecule has 0 spiro atoms. The number of ether oxygens (including phenoxy) is 1. The van der Waals surface area contributed by atoms with E-state index < -0.39 is 0 Å². The van der Waals surface area contributed by atoms with E-state index >= 15 is 0 Å². The second-order valence-corrected chi connectivity index (χ2v) is 8.10. The van der Waals surface area contributed by atoms with Crippen LogP contribution in [0.1, 0.15) is 24.8 Å². The first kappa shape index (κ1) is 19.9. The lowest BCUT2D eigenvalue weighted by molar-refractivity contribution is -0.136. The Morgan fingerprint density at radius 2 is 1.66 bits per heavy atom. The number of carbonyl (C=O) groups is 1. The van der Waals surface area contributed by atoms with Gasteiger partial charge in [0.1, 0.15) is 0 Å². The molecule has 2 fully saturated rings. The van der Waals surface area contributed by atoms with Gasteiger partial charge in [0, 0.05) is 58.3 Å². The zero-order chi connectivity index (χ0) is 19.9. The molecule has 5 nitrogen and oxygen atoms in total. The first-order valence-corrected chi connectivity index (χ1v) is 10.7. The number of carbonyl (C=O) groups excluding carboxylic acids is 1. The Labute approximate surface area is 173 Å². The van der Waals surface area contributed by atoms with Gasteiger partial charge >= 0.3 is 0 Å². The van der Waals surface area contributed by atoms with E-state index in [0.717, 1.165) is 58.8 Å². The molecular formula is C24H31N3O2. The van der Waals surface area contributed by atoms with Crippen LogP contribution in [0, 0.1) is 0 Å². The van der Waals surface area contributed by atoms with E-state index in [2.05, 4.69) is 63.2 Å². The highest BCUT2D eigenvalue weighted by Gasteiger charge is 2.37. The summed E-state index contributed by atoms with van der Waals surface area (Å²) in [6.45, 7) is 5.89. The van der Waals surface area contributed by atoms with Crippen LogP contribution in [0.2, 0.25) is 0 Å². The smallest absolute Gasteiger partial charge is 0.225 e. The van der Waals surface area contributed by atoms with E-state index in [1.165, 1.54) is 5.56 Å². The highest BCUT2D eigenvalue weighted by atomic mass is 16.5. The first-order chi connectivity index (χ1) is 14.3. The molecule has 0 radical (unpaired) electrons. The number of hydrogen-bond acceptors (Lipinski definition) is 3. The van der Waals surface area contributed by atoms with Crippen LogP contribution >= 0.6 is 0 Å². The Morgan fingerprint density at radius 3 is 2.34 bits per heavy atom. The van der Waals surface area contributed by atoms with Crippen LogP contribution in [0.3, 0.4) is 0 Å². The summed E-state index contributed by atoms with van der Waals surface area (Å²) in [7, 11) is 0. The minimum absolute atomic E-state index is 0.131. The number of nitrogens with zero attached hydrogens (tertiary/aromatic N) is 3. The van der Waals surface area contributed by atoms with E-state index in [1.54, 1.807) is 0 Å². The Hall–Kier alpha value is -2.37. The molecule has 154 valence electrons. The van der Waals surface area contributed by atoms with Crippen molar-refractivity contribution in [1.29, 1.82) is 0 Å². The van der Waals surface area contributed by atoms with Crippen molar-refractivity contribution in [1.82, 2.24) is 14.4 Å². The summed E-state index contributed by atoms with van der Waals surface area (Å²) in [4.78, 5) is 17.6. The first-order valence-electron chi connectivity index (χ1n) is 10.7. The van der Waals surface area contributed by atoms with Gasteiger partial charge in [-0.3, -0.25) is 9.69 Å². The van der Waals surface area contributed by atoms with Gasteiger partial charge < -0.3 is 14.2 Å². The molecule has 0 bridgehead atoms. The standard InChI is InChI=1S/C24H31N3O2/c28-23(21-24(10-19-29-20-11-24)27-13-4-5-14-27)26-17-15-25(16-18-26)12-6-9-22-7-2-1-3-8-22/h1-9,13-14H,10-12,15-21H2/b9-6+. The van der Waals surface area contributed by atoms with Gasteiger partial charge in [-0.1, -0.05) is 42.5 Å². The van der Waals surface area contributed by atoms with Crippen LogP contribution in [0.15, 0.2) is 60.9 Å². The van der Waals surface area contributed by atoms with Crippen LogP contribution in [0.5, 0.6) is 0 Å². The molecule has 0 N–H and O–H groups in total. The minimum atomic E-state index is -0.131. The number of hydrogen-bond donors (Lipinski definition) is 0. The van der Waals surface area contributed by atoms with Crippen molar-refractivity contribution < 1.29 is 9.53 Å². The summed E-state index contributed by atoms with van der Waals surface area (Å²) in [5, 5.41) is 0. The molecular weight excluding hydrogens is 362 g/mol. The third-order valence-electron chi connectivity index (χ3n) is 6.25. The van der Waals surface area contributed by atoms with Gasteiger partial charge in [0.2, 0.25) is 5.91 Å². The number of piperazine rings is 1. The molecule has 1 aromatic carbocycles. The molecule has 2 aromatic rings. The maximum Gasteiger partial charge on any atom is 0.225 e. The third kappa shape index (κ3) is 4.98. The van der Waals surface area contributed by atoms with Gasteiger partial charge in [0.05, 0.1) is 12.0 Å². The maximum atomic E-state index is 13.1. The van der Waals surface area contributed by atoms with Gasteiger partial charge in [-0.2, -0.15) is 0 Å². The van der Waals surface area contributed by atoms with Crippen molar-refractivity contribution in [2.24, 2.45) is 0 Å². The van der Waals surface area contributed by atoms with E-state index in [4.69, 9.17) is 4.74 Å². The summed E-state index contributed by atoms with van der Waals surface area (Å²) >= 11 is 0. The SMILES string of the molecule is O=C(CC1(n2cccc2)CCOCC1)N1CCN(C/C=C/c2ccccc2)CC1. The van der Waals surface area contributed by atoms with E-state index in [0.29, 0.717) is 6.42 Å². The molecule has 0 unspecified atom stereocenters. The zero-order valence-corrected chi connectivity index (χ0v) is 17.1. The predicted molar refractivity (Wildman–Crippen MR) is 116 cm³/mol. The molecule has 3 heterocycles. The van der Waals surface area contributed by atoms with Gasteiger partial charge in [-0.25, -0.2) is 0 Å². The average Bonchev–Trinajstić information content (AvgIpc) is 3.31. The zero-order valence-electron chi connectivity index (χ0n) is 17.1. The number of amides is 1. The van der Waals surface area contributed by atoms with Gasteiger partial charge in [0.15, 0.2) is 0 Å². The lowest BCUT2D eigenvalue weighted by Crippen LogP contribution is -2.51. The average molecular weight is 394 g/mol. The monoisotopic (exact) mass is 393 g/mol. The number of rotatable bonds is 6. The van der Waals surface area contributed by atoms with E-state index in [-0.39, 0.29) is 11.4 Å². The Morgan fingerprint density at radius 1 is 0.966 bits per heavy atom. The third-order valence-corrected chi connectivity index (χ3v) is 6.25. The molecule has 4 rings (SSSR count).